The van der Waals surface area contributed by atoms with E-state index in [0.29, 0.717) is 5.92 Å². The molecular formula is C22H23N. The van der Waals surface area contributed by atoms with Crippen LogP contribution in [-0.4, -0.2) is 13.8 Å². The van der Waals surface area contributed by atoms with E-state index in [9.17, 15) is 0 Å². The van der Waals surface area contributed by atoms with Gasteiger partial charge in [0.2, 0.25) is 0 Å². The Bertz CT molecular complexity index is 678. The lowest BCUT2D eigenvalue weighted by atomic mass is 9.85. The summed E-state index contributed by atoms with van der Waals surface area (Å²) in [6.45, 7) is 5.26. The van der Waals surface area contributed by atoms with Crippen LogP contribution in [0.25, 0.3) is 0 Å². The van der Waals surface area contributed by atoms with Gasteiger partial charge < -0.3 is 4.99 Å². The quantitative estimate of drug-likeness (QED) is 0.448. The van der Waals surface area contributed by atoms with Crippen molar-refractivity contribution >= 4 is 6.72 Å². The second-order valence-corrected chi connectivity index (χ2v) is 5.48. The van der Waals surface area contributed by atoms with Crippen LogP contribution in [0.5, 0.6) is 0 Å². The lowest BCUT2D eigenvalue weighted by Gasteiger charge is -2.19. The SMILES string of the molecule is C=NC.Cc1cccc(C(c2ccccc2)c2ccccc2)c1. The molecule has 0 atom stereocenters. The van der Waals surface area contributed by atoms with Gasteiger partial charge in [-0.05, 0) is 30.3 Å². The molecule has 0 radical (unpaired) electrons. The third kappa shape index (κ3) is 4.65. The van der Waals surface area contributed by atoms with Crippen molar-refractivity contribution < 1.29 is 0 Å². The van der Waals surface area contributed by atoms with Gasteiger partial charge in [-0.25, -0.2) is 0 Å². The minimum atomic E-state index is 0.303. The minimum Gasteiger partial charge on any atom is -0.304 e. The summed E-state index contributed by atoms with van der Waals surface area (Å²) in [5.74, 6) is 0.303. The highest BCUT2D eigenvalue weighted by molar-refractivity contribution is 5.43. The third-order valence-electron chi connectivity index (χ3n) is 3.64. The second kappa shape index (κ2) is 8.70. The standard InChI is InChI=1S/C20H18.C2H5N/c1-16-9-8-14-19(15-16)20(17-10-4-2-5-11-17)18-12-6-3-7-13-18;1-3-2/h2-15,20H,1H3;1H2,2H3. The van der Waals surface area contributed by atoms with Crippen molar-refractivity contribution in [3.05, 3.63) is 107 Å². The predicted molar refractivity (Wildman–Crippen MR) is 100 cm³/mol. The van der Waals surface area contributed by atoms with E-state index in [1.165, 1.54) is 22.3 Å². The van der Waals surface area contributed by atoms with Gasteiger partial charge in [0.1, 0.15) is 0 Å². The molecule has 3 aromatic rings. The van der Waals surface area contributed by atoms with Crippen molar-refractivity contribution in [1.29, 1.82) is 0 Å². The summed E-state index contributed by atoms with van der Waals surface area (Å²) in [7, 11) is 1.64. The summed E-state index contributed by atoms with van der Waals surface area (Å²) >= 11 is 0. The monoisotopic (exact) mass is 301 g/mol. The van der Waals surface area contributed by atoms with Gasteiger partial charge >= 0.3 is 0 Å². The maximum atomic E-state index is 3.25. The molecule has 0 aliphatic heterocycles. The Morgan fingerprint density at radius 3 is 1.57 bits per heavy atom. The van der Waals surface area contributed by atoms with E-state index in [1.54, 1.807) is 7.05 Å². The first-order valence-corrected chi connectivity index (χ1v) is 7.77. The molecule has 3 aromatic carbocycles. The van der Waals surface area contributed by atoms with Crippen LogP contribution in [0, 0.1) is 6.92 Å². The predicted octanol–water partition coefficient (Wildman–Crippen LogP) is 5.49. The van der Waals surface area contributed by atoms with Crippen molar-refractivity contribution in [1.82, 2.24) is 0 Å². The molecule has 0 heterocycles. The Morgan fingerprint density at radius 2 is 1.13 bits per heavy atom. The van der Waals surface area contributed by atoms with Gasteiger partial charge in [-0.15, -0.1) is 0 Å². The fourth-order valence-electron chi connectivity index (χ4n) is 2.72. The van der Waals surface area contributed by atoms with Crippen LogP contribution in [0.15, 0.2) is 89.9 Å². The fourth-order valence-corrected chi connectivity index (χ4v) is 2.72. The van der Waals surface area contributed by atoms with E-state index in [2.05, 4.69) is 104 Å². The maximum Gasteiger partial charge on any atom is 0.0340 e. The van der Waals surface area contributed by atoms with Gasteiger partial charge in [-0.2, -0.15) is 0 Å². The lowest BCUT2D eigenvalue weighted by molar-refractivity contribution is 0.974. The van der Waals surface area contributed by atoms with E-state index in [4.69, 9.17) is 0 Å². The van der Waals surface area contributed by atoms with E-state index in [-0.39, 0.29) is 0 Å². The molecule has 0 fully saturated rings. The topological polar surface area (TPSA) is 12.4 Å². The average molecular weight is 301 g/mol. The molecule has 0 saturated carbocycles. The van der Waals surface area contributed by atoms with Gasteiger partial charge in [0.05, 0.1) is 0 Å². The highest BCUT2D eigenvalue weighted by atomic mass is 14.6. The number of benzene rings is 3. The number of aliphatic imine (C=N–C) groups is 1. The van der Waals surface area contributed by atoms with Crippen LogP contribution >= 0.6 is 0 Å². The zero-order valence-corrected chi connectivity index (χ0v) is 13.8. The molecule has 23 heavy (non-hydrogen) atoms. The summed E-state index contributed by atoms with van der Waals surface area (Å²) in [4.78, 5) is 3.25. The molecule has 0 aliphatic rings. The van der Waals surface area contributed by atoms with Crippen LogP contribution in [0.2, 0.25) is 0 Å². The molecule has 1 nitrogen and oxygen atoms in total. The zero-order valence-electron chi connectivity index (χ0n) is 13.8. The molecule has 0 unspecified atom stereocenters. The Hall–Kier alpha value is -2.67. The van der Waals surface area contributed by atoms with Crippen LogP contribution in [-0.2, 0) is 0 Å². The zero-order chi connectivity index (χ0) is 16.5. The Kier molecular flexibility index (Phi) is 6.31. The first kappa shape index (κ1) is 16.7. The number of nitrogens with zero attached hydrogens (tertiary/aromatic N) is 1. The molecule has 0 bridgehead atoms. The fraction of sp³-hybridized carbons (Fsp3) is 0.136. The van der Waals surface area contributed by atoms with Crippen LogP contribution in [0.3, 0.4) is 0 Å². The number of rotatable bonds is 3. The van der Waals surface area contributed by atoms with Crippen LogP contribution in [0.4, 0.5) is 0 Å². The Morgan fingerprint density at radius 1 is 0.696 bits per heavy atom. The summed E-state index contributed by atoms with van der Waals surface area (Å²) in [5, 5.41) is 0. The van der Waals surface area contributed by atoms with Crippen LogP contribution in [0.1, 0.15) is 28.2 Å². The average Bonchev–Trinajstić information content (AvgIpc) is 2.58. The Balaban J connectivity index is 0.000000595. The highest BCUT2D eigenvalue weighted by Crippen LogP contribution is 2.31. The molecule has 0 N–H and O–H groups in total. The van der Waals surface area contributed by atoms with E-state index >= 15 is 0 Å². The van der Waals surface area contributed by atoms with Crippen molar-refractivity contribution in [2.24, 2.45) is 4.99 Å². The van der Waals surface area contributed by atoms with Crippen molar-refractivity contribution in [3.8, 4) is 0 Å². The summed E-state index contributed by atoms with van der Waals surface area (Å²) in [6.07, 6.45) is 0. The van der Waals surface area contributed by atoms with Gasteiger partial charge in [0.25, 0.3) is 0 Å². The van der Waals surface area contributed by atoms with Gasteiger partial charge in [-0.3, -0.25) is 0 Å². The Labute approximate surface area is 139 Å². The molecule has 3 rings (SSSR count). The van der Waals surface area contributed by atoms with E-state index in [0.717, 1.165) is 0 Å². The largest absolute Gasteiger partial charge is 0.304 e. The van der Waals surface area contributed by atoms with E-state index < -0.39 is 0 Å². The van der Waals surface area contributed by atoms with Gasteiger partial charge in [-0.1, -0.05) is 90.5 Å². The van der Waals surface area contributed by atoms with Crippen molar-refractivity contribution in [3.63, 3.8) is 0 Å². The molecular weight excluding hydrogens is 278 g/mol. The molecule has 1 heteroatoms. The van der Waals surface area contributed by atoms with Crippen molar-refractivity contribution in [2.75, 3.05) is 7.05 Å². The van der Waals surface area contributed by atoms with Gasteiger partial charge in [0, 0.05) is 13.0 Å². The molecule has 0 spiro atoms. The summed E-state index contributed by atoms with van der Waals surface area (Å²) < 4.78 is 0. The molecule has 0 aliphatic carbocycles. The molecule has 0 aromatic heterocycles. The number of aryl methyl sites for hydroxylation is 1. The summed E-state index contributed by atoms with van der Waals surface area (Å²) in [6, 6.07) is 30.2. The summed E-state index contributed by atoms with van der Waals surface area (Å²) in [5.41, 5.74) is 5.33. The molecule has 0 saturated heterocycles. The maximum absolute atomic E-state index is 3.25. The van der Waals surface area contributed by atoms with Crippen LogP contribution < -0.4 is 0 Å². The number of hydrogen-bond acceptors (Lipinski definition) is 1. The second-order valence-electron chi connectivity index (χ2n) is 5.48. The van der Waals surface area contributed by atoms with Gasteiger partial charge in [0.15, 0.2) is 0 Å². The van der Waals surface area contributed by atoms with Crippen molar-refractivity contribution in [2.45, 2.75) is 12.8 Å². The lowest BCUT2D eigenvalue weighted by Crippen LogP contribution is -2.03. The normalized spacial score (nSPS) is 9.87. The third-order valence-corrected chi connectivity index (χ3v) is 3.64. The molecule has 116 valence electrons. The molecule has 0 amide bonds. The van der Waals surface area contributed by atoms with E-state index in [1.807, 2.05) is 0 Å². The number of hydrogen-bond donors (Lipinski definition) is 0. The minimum absolute atomic E-state index is 0.303. The first-order valence-electron chi connectivity index (χ1n) is 7.77. The first-order chi connectivity index (χ1) is 11.3. The highest BCUT2D eigenvalue weighted by Gasteiger charge is 2.15. The smallest absolute Gasteiger partial charge is 0.0340 e.